The van der Waals surface area contributed by atoms with E-state index in [1.54, 1.807) is 10.9 Å². The van der Waals surface area contributed by atoms with Crippen LogP contribution in [0, 0.1) is 0 Å². The minimum atomic E-state index is -1.20. The van der Waals surface area contributed by atoms with E-state index >= 15 is 0 Å². The molecule has 0 radical (unpaired) electrons. The lowest BCUT2D eigenvalue weighted by atomic mass is 9.98. The van der Waals surface area contributed by atoms with Gasteiger partial charge in [-0.15, -0.1) is 0 Å². The zero-order valence-electron chi connectivity index (χ0n) is 18.8. The normalized spacial score (nSPS) is 19.2. The van der Waals surface area contributed by atoms with Crippen LogP contribution in [0.4, 0.5) is 4.79 Å². The summed E-state index contributed by atoms with van der Waals surface area (Å²) in [5, 5.41) is 27.7. The van der Waals surface area contributed by atoms with Crippen LogP contribution in [0.2, 0.25) is 0 Å². The predicted octanol–water partition coefficient (Wildman–Crippen LogP) is 3.52. The Bertz CT molecular complexity index is 1100. The number of nitrogens with zero attached hydrogens (tertiary/aromatic N) is 2. The van der Waals surface area contributed by atoms with Crippen LogP contribution in [-0.4, -0.2) is 51.9 Å². The van der Waals surface area contributed by atoms with Gasteiger partial charge >= 0.3 is 6.09 Å². The Hall–Kier alpha value is -3.20. The van der Waals surface area contributed by atoms with Crippen molar-refractivity contribution in [3.63, 3.8) is 0 Å². The van der Waals surface area contributed by atoms with Crippen molar-refractivity contribution in [2.24, 2.45) is 0 Å². The van der Waals surface area contributed by atoms with Crippen molar-refractivity contribution >= 4 is 6.09 Å². The highest BCUT2D eigenvalue weighted by Gasteiger charge is 2.29. The van der Waals surface area contributed by atoms with E-state index in [9.17, 15) is 15.0 Å². The van der Waals surface area contributed by atoms with Crippen LogP contribution in [0.3, 0.4) is 0 Å². The Morgan fingerprint density at radius 2 is 1.82 bits per heavy atom. The molecule has 178 valence electrons. The van der Waals surface area contributed by atoms with E-state index in [1.807, 2.05) is 24.3 Å². The number of rotatable bonds is 7. The van der Waals surface area contributed by atoms with Gasteiger partial charge in [0, 0.05) is 30.8 Å². The summed E-state index contributed by atoms with van der Waals surface area (Å²) in [6.45, 7) is 0.727. The molecule has 3 aromatic rings. The lowest BCUT2D eigenvalue weighted by Crippen LogP contribution is -2.36. The summed E-state index contributed by atoms with van der Waals surface area (Å²) < 4.78 is 12.8. The smallest absolute Gasteiger partial charge is 0.407 e. The molecule has 1 aliphatic carbocycles. The summed E-state index contributed by atoms with van der Waals surface area (Å²) in [5.41, 5.74) is 5.04. The number of aliphatic hydroxyl groups excluding tert-OH is 2. The van der Waals surface area contributed by atoms with Gasteiger partial charge < -0.3 is 25.0 Å². The first-order valence-electron chi connectivity index (χ1n) is 11.7. The number of carbonyl (C=O) groups excluding carboxylic acids is 1. The fourth-order valence-corrected chi connectivity index (χ4v) is 4.77. The van der Waals surface area contributed by atoms with E-state index in [2.05, 4.69) is 34.7 Å². The van der Waals surface area contributed by atoms with Crippen LogP contribution in [0.25, 0.3) is 11.1 Å². The molecular weight excluding hydrogens is 434 g/mol. The zero-order valence-corrected chi connectivity index (χ0v) is 18.8. The molecule has 5 rings (SSSR count). The van der Waals surface area contributed by atoms with Crippen LogP contribution in [-0.2, 0) is 9.47 Å². The molecule has 1 aromatic heterocycles. The Morgan fingerprint density at radius 1 is 1.12 bits per heavy atom. The number of nitrogens with one attached hydrogen (secondary N) is 1. The number of aromatic nitrogens is 2. The monoisotopic (exact) mass is 463 g/mol. The predicted molar refractivity (Wildman–Crippen MR) is 125 cm³/mol. The Labute approximate surface area is 198 Å². The second kappa shape index (κ2) is 9.97. The highest BCUT2D eigenvalue weighted by molar-refractivity contribution is 5.79. The van der Waals surface area contributed by atoms with E-state index in [-0.39, 0.29) is 25.3 Å². The summed E-state index contributed by atoms with van der Waals surface area (Å²) in [6.07, 6.45) is 2.98. The molecule has 34 heavy (non-hydrogen) atoms. The molecule has 1 aliphatic heterocycles. The van der Waals surface area contributed by atoms with Crippen LogP contribution in [0.1, 0.15) is 54.2 Å². The first-order chi connectivity index (χ1) is 16.6. The largest absolute Gasteiger partial charge is 0.449 e. The minimum absolute atomic E-state index is 0.0403. The van der Waals surface area contributed by atoms with Crippen molar-refractivity contribution in [3.8, 4) is 11.1 Å². The molecule has 0 saturated carbocycles. The second-order valence-corrected chi connectivity index (χ2v) is 8.79. The third-order valence-electron chi connectivity index (χ3n) is 6.58. The van der Waals surface area contributed by atoms with Crippen LogP contribution in [0.15, 0.2) is 60.9 Å². The molecule has 0 spiro atoms. The first-order valence-corrected chi connectivity index (χ1v) is 11.7. The van der Waals surface area contributed by atoms with Gasteiger partial charge in [0.1, 0.15) is 25.0 Å². The zero-order chi connectivity index (χ0) is 23.5. The van der Waals surface area contributed by atoms with Crippen LogP contribution >= 0.6 is 0 Å². The molecule has 8 nitrogen and oxygen atoms in total. The summed E-state index contributed by atoms with van der Waals surface area (Å²) in [5.74, 6) is -0.0403. The van der Waals surface area contributed by atoms with Crippen molar-refractivity contribution in [2.75, 3.05) is 19.8 Å². The molecule has 0 bridgehead atoms. The quantitative estimate of drug-likeness (QED) is 0.495. The van der Waals surface area contributed by atoms with E-state index in [0.29, 0.717) is 12.2 Å². The molecule has 2 unspecified atom stereocenters. The number of fused-ring (bicyclic) bond motifs is 3. The van der Waals surface area contributed by atoms with E-state index in [0.717, 1.165) is 41.5 Å². The average molecular weight is 464 g/mol. The highest BCUT2D eigenvalue weighted by atomic mass is 16.5. The molecule has 2 aliphatic rings. The van der Waals surface area contributed by atoms with Gasteiger partial charge in [0.05, 0.1) is 6.20 Å². The molecule has 2 aromatic carbocycles. The van der Waals surface area contributed by atoms with E-state index in [4.69, 9.17) is 9.47 Å². The molecule has 1 amide bonds. The van der Waals surface area contributed by atoms with Gasteiger partial charge in [-0.2, -0.15) is 5.10 Å². The number of carbonyl (C=O) groups is 1. The van der Waals surface area contributed by atoms with Crippen molar-refractivity contribution in [1.82, 2.24) is 15.1 Å². The maximum absolute atomic E-state index is 12.3. The highest BCUT2D eigenvalue weighted by Crippen LogP contribution is 2.44. The SMILES string of the molecule is O=C(NCC(O)C(O)c1cnn([C@@H]2CCCCO2)c1)OCC1c2ccccc2-c2ccccc21. The number of hydrogen-bond donors (Lipinski definition) is 3. The number of aliphatic hydroxyl groups is 2. The molecular formula is C26H29N3O5. The Morgan fingerprint density at radius 3 is 2.50 bits per heavy atom. The molecule has 3 N–H and O–H groups in total. The summed E-state index contributed by atoms with van der Waals surface area (Å²) in [6, 6.07) is 16.2. The minimum Gasteiger partial charge on any atom is -0.449 e. The fourth-order valence-electron chi connectivity index (χ4n) is 4.77. The summed E-state index contributed by atoms with van der Waals surface area (Å²) in [4.78, 5) is 12.3. The number of ether oxygens (including phenoxy) is 2. The van der Waals surface area contributed by atoms with Crippen LogP contribution < -0.4 is 5.32 Å². The van der Waals surface area contributed by atoms with Gasteiger partial charge in [0.15, 0.2) is 0 Å². The number of alkyl carbamates (subject to hydrolysis) is 1. The first kappa shape index (κ1) is 22.6. The topological polar surface area (TPSA) is 106 Å². The number of benzene rings is 2. The van der Waals surface area contributed by atoms with Crippen LogP contribution in [0.5, 0.6) is 0 Å². The number of hydrogen-bond acceptors (Lipinski definition) is 6. The lowest BCUT2D eigenvalue weighted by Gasteiger charge is -2.22. The summed E-state index contributed by atoms with van der Waals surface area (Å²) in [7, 11) is 0. The van der Waals surface area contributed by atoms with Crippen molar-refractivity contribution in [3.05, 3.63) is 77.6 Å². The van der Waals surface area contributed by atoms with E-state index in [1.165, 1.54) is 6.20 Å². The average Bonchev–Trinajstić information content (AvgIpc) is 3.50. The van der Waals surface area contributed by atoms with E-state index < -0.39 is 18.3 Å². The van der Waals surface area contributed by atoms with Crippen molar-refractivity contribution in [1.29, 1.82) is 0 Å². The molecule has 8 heteroatoms. The van der Waals surface area contributed by atoms with Crippen molar-refractivity contribution in [2.45, 2.75) is 43.6 Å². The fraction of sp³-hybridized carbons (Fsp3) is 0.385. The van der Waals surface area contributed by atoms with Gasteiger partial charge in [-0.05, 0) is 41.5 Å². The maximum Gasteiger partial charge on any atom is 0.407 e. The maximum atomic E-state index is 12.3. The summed E-state index contributed by atoms with van der Waals surface area (Å²) >= 11 is 0. The van der Waals surface area contributed by atoms with Gasteiger partial charge in [-0.3, -0.25) is 0 Å². The molecule has 1 fully saturated rings. The molecule has 3 atom stereocenters. The third-order valence-corrected chi connectivity index (χ3v) is 6.58. The Kier molecular flexibility index (Phi) is 6.62. The van der Waals surface area contributed by atoms with Crippen molar-refractivity contribution < 1.29 is 24.5 Å². The van der Waals surface area contributed by atoms with Gasteiger partial charge in [-0.1, -0.05) is 48.5 Å². The molecule has 2 heterocycles. The van der Waals surface area contributed by atoms with Gasteiger partial charge in [-0.25, -0.2) is 9.48 Å². The lowest BCUT2D eigenvalue weighted by molar-refractivity contribution is -0.0398. The second-order valence-electron chi connectivity index (χ2n) is 8.79. The third kappa shape index (κ3) is 4.57. The van der Waals surface area contributed by atoms with Gasteiger partial charge in [0.25, 0.3) is 0 Å². The Balaban J connectivity index is 1.14. The van der Waals surface area contributed by atoms with Gasteiger partial charge in [0.2, 0.25) is 0 Å². The standard InChI is InChI=1S/C26H29N3O5/c30-23(25(31)17-13-28-29(15-17)24-11-5-6-12-33-24)14-27-26(32)34-16-22-20-9-3-1-7-18(20)19-8-2-4-10-21(19)22/h1-4,7-10,13,15,22-25,30-31H,5-6,11-12,14,16H2,(H,27,32)/t23?,24-,25?/m0/s1. The number of amides is 1. The molecule has 1 saturated heterocycles.